The molecule has 1 unspecified atom stereocenters. The summed E-state index contributed by atoms with van der Waals surface area (Å²) in [6, 6.07) is 0. The van der Waals surface area contributed by atoms with Crippen molar-refractivity contribution in [1.82, 2.24) is 0 Å². The first-order valence-corrected chi connectivity index (χ1v) is 11.6. The Bertz CT molecular complexity index is 333. The summed E-state index contributed by atoms with van der Waals surface area (Å²) in [4.78, 5) is 20.4. The lowest BCUT2D eigenvalue weighted by molar-refractivity contribution is -0.929. The van der Waals surface area contributed by atoms with Crippen molar-refractivity contribution >= 4 is 11.9 Å². The van der Waals surface area contributed by atoms with Crippen molar-refractivity contribution in [3.05, 3.63) is 0 Å². The third-order valence-corrected chi connectivity index (χ3v) is 5.37. The first-order valence-electron chi connectivity index (χ1n) is 11.6. The van der Waals surface area contributed by atoms with E-state index in [4.69, 9.17) is 5.11 Å². The highest BCUT2D eigenvalue weighted by Gasteiger charge is 2.24. The Morgan fingerprint density at radius 3 is 1.25 bits per heavy atom. The Kier molecular flexibility index (Phi) is 20.0. The molecule has 0 fully saturated rings. The molecule has 0 heterocycles. The maximum absolute atomic E-state index is 10.2. The molecule has 0 spiro atoms. The molecule has 0 amide bonds. The number of carboxylic acid groups (broad SMARTS) is 2. The molecule has 0 saturated heterocycles. The van der Waals surface area contributed by atoms with E-state index < -0.39 is 17.9 Å². The van der Waals surface area contributed by atoms with Crippen LogP contribution in [0.3, 0.4) is 0 Å². The summed E-state index contributed by atoms with van der Waals surface area (Å²) in [5, 5.41) is 18.5. The van der Waals surface area contributed by atoms with Crippen LogP contribution < -0.4 is 5.11 Å². The molecule has 0 rings (SSSR count). The molecular formula is C23H47NO4. The third-order valence-electron chi connectivity index (χ3n) is 5.37. The molecule has 28 heavy (non-hydrogen) atoms. The largest absolute Gasteiger partial charge is 0.549 e. The van der Waals surface area contributed by atoms with Gasteiger partial charge in [0.15, 0.2) is 0 Å². The fraction of sp³-hybridized carbons (Fsp3) is 0.913. The van der Waals surface area contributed by atoms with E-state index in [1.807, 2.05) is 6.92 Å². The normalized spacial score (nSPS) is 12.2. The van der Waals surface area contributed by atoms with Crippen LogP contribution in [0.25, 0.3) is 0 Å². The number of carbonyl (C=O) groups excluding carboxylic acids is 1. The summed E-state index contributed by atoms with van der Waals surface area (Å²) >= 11 is 0. The number of rotatable bonds is 17. The first-order chi connectivity index (χ1) is 13.3. The van der Waals surface area contributed by atoms with Crippen LogP contribution in [0.5, 0.6) is 0 Å². The number of hydrogen-bond acceptors (Lipinski definition) is 3. The molecule has 1 atom stereocenters. The van der Waals surface area contributed by atoms with E-state index in [0.717, 1.165) is 6.42 Å². The summed E-state index contributed by atoms with van der Waals surface area (Å²) in [5.74, 6) is -4.14. The van der Waals surface area contributed by atoms with Gasteiger partial charge in [-0.3, -0.25) is 4.79 Å². The summed E-state index contributed by atoms with van der Waals surface area (Å²) in [5.41, 5.74) is 0. The molecule has 0 aromatic rings. The van der Waals surface area contributed by atoms with E-state index >= 15 is 0 Å². The minimum Gasteiger partial charge on any atom is -0.549 e. The van der Waals surface area contributed by atoms with Gasteiger partial charge in [0.25, 0.3) is 0 Å². The van der Waals surface area contributed by atoms with E-state index in [1.54, 1.807) is 0 Å². The van der Waals surface area contributed by atoms with Gasteiger partial charge in [-0.15, -0.1) is 0 Å². The Labute approximate surface area is 174 Å². The van der Waals surface area contributed by atoms with Crippen LogP contribution in [-0.4, -0.2) is 47.7 Å². The van der Waals surface area contributed by atoms with Crippen LogP contribution in [0.1, 0.15) is 105 Å². The van der Waals surface area contributed by atoms with Crippen LogP contribution >= 0.6 is 0 Å². The maximum atomic E-state index is 10.2. The van der Waals surface area contributed by atoms with Gasteiger partial charge in [0, 0.05) is 0 Å². The predicted octanol–water partition coefficient (Wildman–Crippen LogP) is 4.63. The molecule has 0 aliphatic carbocycles. The van der Waals surface area contributed by atoms with Crippen molar-refractivity contribution in [3.63, 3.8) is 0 Å². The van der Waals surface area contributed by atoms with Crippen LogP contribution in [-0.2, 0) is 9.59 Å². The molecule has 0 saturated carbocycles. The number of quaternary nitrogens is 1. The highest BCUT2D eigenvalue weighted by atomic mass is 16.4. The summed E-state index contributed by atoms with van der Waals surface area (Å²) < 4.78 is 1.42. The second-order valence-corrected chi connectivity index (χ2v) is 8.00. The standard InChI is InChI=1S/C16H36N.C7H12O4/c1-5-9-13-17(14-10-6-2,15-11-7-3)16-12-8-4;1-2-3-4-5(6(8)9)7(10)11/h5-16H2,1-4H3;5H,2-4H2,1H3,(H,8,9)(H,10,11)/q+1;/p-1. The van der Waals surface area contributed by atoms with E-state index in [1.165, 1.54) is 82.0 Å². The van der Waals surface area contributed by atoms with Gasteiger partial charge >= 0.3 is 5.97 Å². The molecular weight excluding hydrogens is 354 g/mol. The molecule has 0 radical (unpaired) electrons. The zero-order valence-corrected chi connectivity index (χ0v) is 19.3. The Balaban J connectivity index is 0. The highest BCUT2D eigenvalue weighted by Crippen LogP contribution is 2.16. The van der Waals surface area contributed by atoms with Crippen molar-refractivity contribution in [2.24, 2.45) is 5.92 Å². The van der Waals surface area contributed by atoms with Crippen molar-refractivity contribution in [3.8, 4) is 0 Å². The van der Waals surface area contributed by atoms with Gasteiger partial charge in [0.2, 0.25) is 0 Å². The molecule has 0 aromatic heterocycles. The average Bonchev–Trinajstić information content (AvgIpc) is 2.67. The van der Waals surface area contributed by atoms with Gasteiger partial charge in [0.1, 0.15) is 0 Å². The molecule has 0 aromatic carbocycles. The van der Waals surface area contributed by atoms with Crippen molar-refractivity contribution in [1.29, 1.82) is 0 Å². The number of unbranched alkanes of at least 4 members (excludes halogenated alkanes) is 5. The van der Waals surface area contributed by atoms with Crippen LogP contribution in [0.15, 0.2) is 0 Å². The first kappa shape index (κ1) is 29.1. The summed E-state index contributed by atoms with van der Waals surface area (Å²) in [7, 11) is 0. The Morgan fingerprint density at radius 1 is 0.714 bits per heavy atom. The zero-order valence-electron chi connectivity index (χ0n) is 19.3. The quantitative estimate of drug-likeness (QED) is 0.285. The molecule has 0 aliphatic rings. The molecule has 1 N–H and O–H groups in total. The molecule has 0 aliphatic heterocycles. The minimum atomic E-state index is -1.49. The lowest BCUT2D eigenvalue weighted by Crippen LogP contribution is -2.50. The van der Waals surface area contributed by atoms with E-state index in [0.29, 0.717) is 6.42 Å². The van der Waals surface area contributed by atoms with Gasteiger partial charge in [-0.2, -0.15) is 0 Å². The van der Waals surface area contributed by atoms with Gasteiger partial charge in [-0.25, -0.2) is 0 Å². The van der Waals surface area contributed by atoms with Gasteiger partial charge in [-0.05, 0) is 32.1 Å². The Hall–Kier alpha value is -1.10. The highest BCUT2D eigenvalue weighted by molar-refractivity contribution is 5.91. The van der Waals surface area contributed by atoms with Crippen molar-refractivity contribution in [2.75, 3.05) is 26.2 Å². The Morgan fingerprint density at radius 2 is 1.04 bits per heavy atom. The molecule has 5 nitrogen and oxygen atoms in total. The monoisotopic (exact) mass is 401 g/mol. The van der Waals surface area contributed by atoms with Crippen molar-refractivity contribution in [2.45, 2.75) is 105 Å². The van der Waals surface area contributed by atoms with E-state index in [2.05, 4.69) is 27.7 Å². The average molecular weight is 402 g/mol. The van der Waals surface area contributed by atoms with Crippen LogP contribution in [0, 0.1) is 5.92 Å². The summed E-state index contributed by atoms with van der Waals surface area (Å²) in [6.07, 6.45) is 12.6. The fourth-order valence-corrected chi connectivity index (χ4v) is 3.40. The zero-order chi connectivity index (χ0) is 21.8. The number of hydrogen-bond donors (Lipinski definition) is 1. The lowest BCUT2D eigenvalue weighted by Gasteiger charge is -2.39. The summed E-state index contributed by atoms with van der Waals surface area (Å²) in [6.45, 7) is 16.9. The number of nitrogens with zero attached hydrogens (tertiary/aromatic N) is 1. The second-order valence-electron chi connectivity index (χ2n) is 8.00. The number of carbonyl (C=O) groups is 2. The molecule has 5 heteroatoms. The lowest BCUT2D eigenvalue weighted by atomic mass is 10.0. The number of aliphatic carboxylic acids is 2. The maximum Gasteiger partial charge on any atom is 0.312 e. The molecule has 168 valence electrons. The SMILES string of the molecule is CCCCC(C(=O)[O-])C(=O)O.CCCC[N+](CCCC)(CCCC)CCCC. The van der Waals surface area contributed by atoms with Crippen LogP contribution in [0.2, 0.25) is 0 Å². The number of carboxylic acids is 2. The minimum absolute atomic E-state index is 0.161. The predicted molar refractivity (Wildman–Crippen MR) is 115 cm³/mol. The van der Waals surface area contributed by atoms with Gasteiger partial charge in [0.05, 0.1) is 38.1 Å². The van der Waals surface area contributed by atoms with Gasteiger partial charge < -0.3 is 19.5 Å². The second kappa shape index (κ2) is 19.2. The van der Waals surface area contributed by atoms with Crippen LogP contribution in [0.4, 0.5) is 0 Å². The fourth-order valence-electron chi connectivity index (χ4n) is 3.40. The smallest absolute Gasteiger partial charge is 0.312 e. The van der Waals surface area contributed by atoms with Gasteiger partial charge in [-0.1, -0.05) is 73.1 Å². The van der Waals surface area contributed by atoms with E-state index in [9.17, 15) is 14.7 Å². The topological polar surface area (TPSA) is 77.4 Å². The van der Waals surface area contributed by atoms with E-state index in [-0.39, 0.29) is 6.42 Å². The molecule has 0 bridgehead atoms. The van der Waals surface area contributed by atoms with Crippen molar-refractivity contribution < 1.29 is 24.3 Å². The third kappa shape index (κ3) is 14.9.